The van der Waals surface area contributed by atoms with Crippen molar-refractivity contribution >= 4 is 23.2 Å². The Morgan fingerprint density at radius 1 is 1.28 bits per heavy atom. The first-order valence-corrected chi connectivity index (χ1v) is 8.98. The number of ether oxygens (including phenoxy) is 1. The van der Waals surface area contributed by atoms with Crippen LogP contribution in [0.3, 0.4) is 0 Å². The molecule has 0 bridgehead atoms. The van der Waals surface area contributed by atoms with Crippen LogP contribution in [0.1, 0.15) is 29.6 Å². The third-order valence-corrected chi connectivity index (χ3v) is 4.52. The van der Waals surface area contributed by atoms with Crippen molar-refractivity contribution in [3.63, 3.8) is 0 Å². The molecule has 1 heterocycles. The van der Waals surface area contributed by atoms with Crippen molar-refractivity contribution in [1.82, 2.24) is 9.88 Å². The van der Waals surface area contributed by atoms with Crippen LogP contribution < -0.4 is 4.74 Å². The zero-order chi connectivity index (χ0) is 18.2. The lowest BCUT2D eigenvalue weighted by molar-refractivity contribution is -0.138. The van der Waals surface area contributed by atoms with Gasteiger partial charge in [-0.15, -0.1) is 11.3 Å². The van der Waals surface area contributed by atoms with E-state index < -0.39 is 5.97 Å². The molecule has 0 radical (unpaired) electrons. The predicted molar refractivity (Wildman–Crippen MR) is 95.8 cm³/mol. The second-order valence-corrected chi connectivity index (χ2v) is 6.57. The van der Waals surface area contributed by atoms with Gasteiger partial charge >= 0.3 is 5.97 Å². The minimum Gasteiger partial charge on any atom is -0.486 e. The summed E-state index contributed by atoms with van der Waals surface area (Å²) in [5.74, 6) is -0.236. The number of likely N-dealkylation sites (N-methyl/N-ethyl adjacent to an activating group) is 1. The van der Waals surface area contributed by atoms with E-state index in [1.54, 1.807) is 0 Å². The first-order valence-electron chi connectivity index (χ1n) is 8.10. The van der Waals surface area contributed by atoms with Crippen molar-refractivity contribution in [2.24, 2.45) is 0 Å². The second kappa shape index (κ2) is 9.17. The number of aromatic nitrogens is 1. The standard InChI is InChI=1S/C18H22N2O4S/c1-3-20(9-8-18(22)23)17(21)10-14-12-25-16(19-14)11-24-15-6-4-13(2)5-7-15/h4-7,12H,3,8-11H2,1-2H3,(H,22,23). The average Bonchev–Trinajstić information content (AvgIpc) is 3.02. The van der Waals surface area contributed by atoms with Gasteiger partial charge in [0.05, 0.1) is 18.5 Å². The molecule has 134 valence electrons. The summed E-state index contributed by atoms with van der Waals surface area (Å²) in [4.78, 5) is 28.9. The molecule has 25 heavy (non-hydrogen) atoms. The Morgan fingerprint density at radius 2 is 2.00 bits per heavy atom. The smallest absolute Gasteiger partial charge is 0.305 e. The monoisotopic (exact) mass is 362 g/mol. The summed E-state index contributed by atoms with van der Waals surface area (Å²) < 4.78 is 5.69. The van der Waals surface area contributed by atoms with Crippen molar-refractivity contribution in [3.05, 3.63) is 45.9 Å². The topological polar surface area (TPSA) is 79.7 Å². The lowest BCUT2D eigenvalue weighted by Gasteiger charge is -2.19. The molecule has 2 rings (SSSR count). The molecule has 1 amide bonds. The number of thiazole rings is 1. The maximum atomic E-state index is 12.2. The van der Waals surface area contributed by atoms with E-state index in [2.05, 4.69) is 4.98 Å². The number of hydrogen-bond donors (Lipinski definition) is 1. The average molecular weight is 362 g/mol. The van der Waals surface area contributed by atoms with Crippen molar-refractivity contribution in [2.75, 3.05) is 13.1 Å². The number of carbonyl (C=O) groups excluding carboxylic acids is 1. The van der Waals surface area contributed by atoms with E-state index in [9.17, 15) is 9.59 Å². The molecule has 0 aliphatic heterocycles. The zero-order valence-electron chi connectivity index (χ0n) is 14.4. The number of hydrogen-bond acceptors (Lipinski definition) is 5. The fraction of sp³-hybridized carbons (Fsp3) is 0.389. The van der Waals surface area contributed by atoms with E-state index in [1.165, 1.54) is 21.8 Å². The number of aliphatic carboxylic acids is 1. The Balaban J connectivity index is 1.86. The summed E-state index contributed by atoms with van der Waals surface area (Å²) in [7, 11) is 0. The number of amides is 1. The summed E-state index contributed by atoms with van der Waals surface area (Å²) in [6.45, 7) is 4.92. The molecule has 0 fully saturated rings. The molecular weight excluding hydrogens is 340 g/mol. The number of carbonyl (C=O) groups is 2. The number of carboxylic acids is 1. The van der Waals surface area contributed by atoms with E-state index >= 15 is 0 Å². The van der Waals surface area contributed by atoms with Crippen molar-refractivity contribution < 1.29 is 19.4 Å². The van der Waals surface area contributed by atoms with Gasteiger partial charge in [0.15, 0.2) is 0 Å². The molecule has 0 unspecified atom stereocenters. The summed E-state index contributed by atoms with van der Waals surface area (Å²) in [6, 6.07) is 7.79. The minimum atomic E-state index is -0.907. The Kier molecular flexibility index (Phi) is 6.94. The van der Waals surface area contributed by atoms with E-state index in [4.69, 9.17) is 9.84 Å². The Bertz CT molecular complexity index is 712. The molecule has 1 aromatic heterocycles. The molecular formula is C18H22N2O4S. The van der Waals surface area contributed by atoms with Crippen LogP contribution in [-0.4, -0.2) is 40.0 Å². The maximum Gasteiger partial charge on any atom is 0.305 e. The fourth-order valence-corrected chi connectivity index (χ4v) is 2.94. The molecule has 1 aromatic carbocycles. The summed E-state index contributed by atoms with van der Waals surface area (Å²) in [5, 5.41) is 11.4. The van der Waals surface area contributed by atoms with Crippen molar-refractivity contribution in [3.8, 4) is 5.75 Å². The molecule has 1 N–H and O–H groups in total. The first kappa shape index (κ1) is 18.9. The van der Waals surface area contributed by atoms with Crippen molar-refractivity contribution in [1.29, 1.82) is 0 Å². The molecule has 6 nitrogen and oxygen atoms in total. The van der Waals surface area contributed by atoms with Gasteiger partial charge in [-0.05, 0) is 26.0 Å². The number of nitrogens with zero attached hydrogens (tertiary/aromatic N) is 2. The Morgan fingerprint density at radius 3 is 2.64 bits per heavy atom. The van der Waals surface area contributed by atoms with Crippen LogP contribution in [0.15, 0.2) is 29.6 Å². The molecule has 0 spiro atoms. The molecule has 0 aliphatic carbocycles. The van der Waals surface area contributed by atoms with Gasteiger partial charge in [-0.25, -0.2) is 4.98 Å². The fourth-order valence-electron chi connectivity index (χ4n) is 2.23. The highest BCUT2D eigenvalue weighted by molar-refractivity contribution is 7.09. The largest absolute Gasteiger partial charge is 0.486 e. The Labute approximate surface area is 151 Å². The lowest BCUT2D eigenvalue weighted by Crippen LogP contribution is -2.34. The molecule has 0 saturated carbocycles. The lowest BCUT2D eigenvalue weighted by atomic mass is 10.2. The molecule has 0 aliphatic rings. The third kappa shape index (κ3) is 6.19. The minimum absolute atomic E-state index is 0.0493. The predicted octanol–water partition coefficient (Wildman–Crippen LogP) is 2.90. The van der Waals surface area contributed by atoms with E-state index in [0.717, 1.165) is 10.8 Å². The van der Waals surface area contributed by atoms with Crippen LogP contribution in [0.4, 0.5) is 0 Å². The van der Waals surface area contributed by atoms with Crippen molar-refractivity contribution in [2.45, 2.75) is 33.3 Å². The number of carboxylic acid groups (broad SMARTS) is 1. The third-order valence-electron chi connectivity index (χ3n) is 3.64. The van der Waals surface area contributed by atoms with E-state index in [0.29, 0.717) is 18.8 Å². The van der Waals surface area contributed by atoms with E-state index in [1.807, 2.05) is 43.5 Å². The Hall–Kier alpha value is -2.41. The van der Waals surface area contributed by atoms with Crippen LogP contribution in [0.5, 0.6) is 5.75 Å². The van der Waals surface area contributed by atoms with Gasteiger partial charge in [0, 0.05) is 18.5 Å². The quantitative estimate of drug-likeness (QED) is 0.742. The summed E-state index contributed by atoms with van der Waals surface area (Å²) >= 11 is 1.45. The maximum absolute atomic E-state index is 12.2. The number of rotatable bonds is 9. The number of benzene rings is 1. The SMILES string of the molecule is CCN(CCC(=O)O)C(=O)Cc1csc(COc2ccc(C)cc2)n1. The van der Waals surface area contributed by atoms with Gasteiger partial charge in [-0.3, -0.25) is 9.59 Å². The van der Waals surface area contributed by atoms with Gasteiger partial charge in [-0.2, -0.15) is 0 Å². The highest BCUT2D eigenvalue weighted by Gasteiger charge is 2.15. The summed E-state index contributed by atoms with van der Waals surface area (Å²) in [6.07, 6.45) is 0.126. The van der Waals surface area contributed by atoms with Gasteiger partial charge in [-0.1, -0.05) is 17.7 Å². The van der Waals surface area contributed by atoms with Crippen LogP contribution in [0.25, 0.3) is 0 Å². The van der Waals surface area contributed by atoms with Crippen LogP contribution in [0.2, 0.25) is 0 Å². The van der Waals surface area contributed by atoms with Crippen LogP contribution >= 0.6 is 11.3 Å². The van der Waals surface area contributed by atoms with Gasteiger partial charge in [0.2, 0.25) is 5.91 Å². The highest BCUT2D eigenvalue weighted by atomic mass is 32.1. The first-order chi connectivity index (χ1) is 12.0. The van der Waals surface area contributed by atoms with Crippen LogP contribution in [0, 0.1) is 6.92 Å². The van der Waals surface area contributed by atoms with Gasteiger partial charge in [0.1, 0.15) is 17.4 Å². The summed E-state index contributed by atoms with van der Waals surface area (Å²) in [5.41, 5.74) is 1.86. The normalized spacial score (nSPS) is 10.5. The number of aryl methyl sites for hydroxylation is 1. The molecule has 2 aromatic rings. The van der Waals surface area contributed by atoms with E-state index in [-0.39, 0.29) is 25.3 Å². The molecule has 0 atom stereocenters. The second-order valence-electron chi connectivity index (χ2n) is 5.63. The van der Waals surface area contributed by atoms with Crippen LogP contribution in [-0.2, 0) is 22.6 Å². The zero-order valence-corrected chi connectivity index (χ0v) is 15.2. The van der Waals surface area contributed by atoms with Gasteiger partial charge < -0.3 is 14.7 Å². The van der Waals surface area contributed by atoms with Gasteiger partial charge in [0.25, 0.3) is 0 Å². The highest BCUT2D eigenvalue weighted by Crippen LogP contribution is 2.16. The molecule has 0 saturated heterocycles. The molecule has 7 heteroatoms.